The fraction of sp³-hybridized carbons (Fsp3) is 0.200. The highest BCUT2D eigenvalue weighted by Gasteiger charge is 2.30. The van der Waals surface area contributed by atoms with E-state index in [0.29, 0.717) is 5.84 Å². The molecule has 2 N–H and O–H groups in total. The summed E-state index contributed by atoms with van der Waals surface area (Å²) in [6.45, 7) is 5.69. The van der Waals surface area contributed by atoms with Crippen LogP contribution >= 0.6 is 9.24 Å². The van der Waals surface area contributed by atoms with Crippen LogP contribution in [0.25, 0.3) is 5.57 Å². The second-order valence-corrected chi connectivity index (χ2v) is 8.58. The normalized spacial score (nSPS) is 12.3. The van der Waals surface area contributed by atoms with Gasteiger partial charge < -0.3 is 15.4 Å². The molecule has 0 bridgehead atoms. The number of aliphatic imine (C=N–C) groups is 1. The van der Waals surface area contributed by atoms with Gasteiger partial charge in [0.2, 0.25) is 11.8 Å². The summed E-state index contributed by atoms with van der Waals surface area (Å²) in [6, 6.07) is 8.48. The Hall–Kier alpha value is -3.91. The maximum atomic E-state index is 13.8. The molecule has 8 nitrogen and oxygen atoms in total. The zero-order valence-electron chi connectivity index (χ0n) is 20.1. The third kappa shape index (κ3) is 7.29. The summed E-state index contributed by atoms with van der Waals surface area (Å²) in [5.74, 6) is 0.113. The van der Waals surface area contributed by atoms with Crippen molar-refractivity contribution in [2.45, 2.75) is 19.0 Å². The highest BCUT2D eigenvalue weighted by molar-refractivity contribution is 7.17. The summed E-state index contributed by atoms with van der Waals surface area (Å²) in [6.07, 6.45) is 8.26. The van der Waals surface area contributed by atoms with E-state index in [1.54, 1.807) is 23.2 Å². The van der Waals surface area contributed by atoms with Crippen molar-refractivity contribution in [1.82, 2.24) is 14.8 Å². The second kappa shape index (κ2) is 11.7. The van der Waals surface area contributed by atoms with E-state index in [1.165, 1.54) is 22.5 Å². The Morgan fingerprint density at radius 1 is 1.25 bits per heavy atom. The van der Waals surface area contributed by atoms with E-state index >= 15 is 0 Å². The smallest absolute Gasteiger partial charge is 0.289 e. The predicted octanol–water partition coefficient (Wildman–Crippen LogP) is 4.99. The zero-order chi connectivity index (χ0) is 26.3. The lowest BCUT2D eigenvalue weighted by atomic mass is 10.0. The maximum Gasteiger partial charge on any atom is 0.289 e. The van der Waals surface area contributed by atoms with Crippen molar-refractivity contribution in [1.29, 1.82) is 0 Å². The number of hydrogen-bond acceptors (Lipinski definition) is 5. The van der Waals surface area contributed by atoms with Gasteiger partial charge in [0.15, 0.2) is 0 Å². The van der Waals surface area contributed by atoms with Gasteiger partial charge in [-0.2, -0.15) is 13.9 Å². The Labute approximate surface area is 210 Å². The third-order valence-corrected chi connectivity index (χ3v) is 5.30. The van der Waals surface area contributed by atoms with Gasteiger partial charge in [0.25, 0.3) is 5.66 Å². The van der Waals surface area contributed by atoms with Gasteiger partial charge in [-0.05, 0) is 29.7 Å². The van der Waals surface area contributed by atoms with Crippen molar-refractivity contribution in [3.63, 3.8) is 0 Å². The summed E-state index contributed by atoms with van der Waals surface area (Å²) >= 11 is 0. The molecule has 3 aromatic rings. The van der Waals surface area contributed by atoms with Gasteiger partial charge in [-0.25, -0.2) is 9.98 Å². The van der Waals surface area contributed by atoms with Crippen LogP contribution in [0.1, 0.15) is 23.6 Å². The van der Waals surface area contributed by atoms with Crippen LogP contribution in [0.2, 0.25) is 0 Å². The van der Waals surface area contributed by atoms with Crippen LogP contribution in [-0.2, 0) is 23.9 Å². The molecule has 0 fully saturated rings. The van der Waals surface area contributed by atoms with Gasteiger partial charge in [-0.3, -0.25) is 9.48 Å². The van der Waals surface area contributed by atoms with E-state index in [2.05, 4.69) is 32.3 Å². The molecule has 0 aliphatic heterocycles. The Morgan fingerprint density at radius 2 is 1.97 bits per heavy atom. The van der Waals surface area contributed by atoms with Crippen LogP contribution in [0.4, 0.5) is 20.2 Å². The van der Waals surface area contributed by atoms with Crippen LogP contribution in [0.5, 0.6) is 5.88 Å². The molecule has 2 heterocycles. The van der Waals surface area contributed by atoms with E-state index in [4.69, 9.17) is 4.74 Å². The molecule has 0 spiro atoms. The number of halogens is 2. The van der Waals surface area contributed by atoms with Crippen LogP contribution in [0.3, 0.4) is 0 Å². The van der Waals surface area contributed by atoms with E-state index in [9.17, 15) is 13.6 Å². The number of amides is 1. The number of nitrogens with one attached hydrogen (secondary N) is 2. The number of allylic oxidation sites excluding steroid dienone is 2. The highest BCUT2D eigenvalue weighted by atomic mass is 31.0. The average Bonchev–Trinajstić information content (AvgIpc) is 3.24. The number of aryl methyl sites for hydroxylation is 1. The minimum Gasteiger partial charge on any atom is -0.481 e. The van der Waals surface area contributed by atoms with Crippen molar-refractivity contribution in [3.8, 4) is 5.88 Å². The van der Waals surface area contributed by atoms with Gasteiger partial charge in [0.05, 0.1) is 42.9 Å². The van der Waals surface area contributed by atoms with E-state index in [0.717, 1.165) is 28.5 Å². The van der Waals surface area contributed by atoms with Gasteiger partial charge in [-0.15, -0.1) is 0 Å². The molecule has 0 saturated carbocycles. The molecule has 188 valence electrons. The second-order valence-electron chi connectivity index (χ2n) is 7.86. The molecular formula is C25H27F2N6O2P. The van der Waals surface area contributed by atoms with E-state index in [1.807, 2.05) is 44.4 Å². The summed E-state index contributed by atoms with van der Waals surface area (Å²) in [4.78, 5) is 20.8. The molecule has 1 amide bonds. The summed E-state index contributed by atoms with van der Waals surface area (Å²) in [5.41, 5.74) is -0.279. The van der Waals surface area contributed by atoms with Crippen molar-refractivity contribution in [2.24, 2.45) is 12.0 Å². The fourth-order valence-corrected chi connectivity index (χ4v) is 3.47. The molecule has 36 heavy (non-hydrogen) atoms. The first-order chi connectivity index (χ1) is 17.1. The molecule has 1 aromatic carbocycles. The first kappa shape index (κ1) is 26.7. The largest absolute Gasteiger partial charge is 0.481 e. The number of pyridine rings is 1. The Kier molecular flexibility index (Phi) is 8.66. The number of methoxy groups -OCH3 is 1. The molecule has 0 radical (unpaired) electrons. The highest BCUT2D eigenvalue weighted by Crippen LogP contribution is 2.40. The number of carbonyl (C=O) groups is 1. The first-order valence-electron chi connectivity index (χ1n) is 10.8. The summed E-state index contributed by atoms with van der Waals surface area (Å²) < 4.78 is 34.2. The summed E-state index contributed by atoms with van der Waals surface area (Å²) in [5, 5.41) is 9.85. The van der Waals surface area contributed by atoms with Gasteiger partial charge >= 0.3 is 0 Å². The number of amidine groups is 1. The Bertz CT molecular complexity index is 1300. The molecule has 2 aromatic heterocycles. The molecule has 0 aliphatic rings. The number of carbonyl (C=O) groups excluding carboxylic acids is 1. The van der Waals surface area contributed by atoms with E-state index in [-0.39, 0.29) is 23.9 Å². The SMILES string of the molecule is C=C/C(=C\N=C(C)Nc1cnn(C)c1)c1ccc(CC(=O)Nc2cnc(OC)c(C(F)(F)P)c2)cc1. The lowest BCUT2D eigenvalue weighted by molar-refractivity contribution is -0.115. The monoisotopic (exact) mass is 512 g/mol. The number of aromatic nitrogens is 3. The standard InChI is InChI=1S/C25H27F2N6O2P/c1-5-18(12-28-16(2)31-21-14-30-33(3)15-21)19-8-6-17(7-9-19)10-23(34)32-20-11-22(25(26,27)36)24(35-4)29-13-20/h5-9,11-15H,1,10,36H2,2-4H3,(H,28,31)(H,32,34)/b18-12+. The number of hydrogen-bond donors (Lipinski definition) is 2. The molecule has 0 aliphatic carbocycles. The molecule has 0 saturated heterocycles. The number of anilines is 2. The van der Waals surface area contributed by atoms with Crippen molar-refractivity contribution in [2.75, 3.05) is 17.7 Å². The number of rotatable bonds is 9. The molecule has 1 atom stereocenters. The molecule has 11 heteroatoms. The van der Waals surface area contributed by atoms with Crippen LogP contribution in [-0.4, -0.2) is 33.6 Å². The first-order valence-corrected chi connectivity index (χ1v) is 11.4. The quantitative estimate of drug-likeness (QED) is 0.182. The number of alkyl halides is 2. The lowest BCUT2D eigenvalue weighted by Crippen LogP contribution is -2.16. The minimum atomic E-state index is -3.25. The number of benzene rings is 1. The van der Waals surface area contributed by atoms with Crippen molar-refractivity contribution < 1.29 is 18.3 Å². The lowest BCUT2D eigenvalue weighted by Gasteiger charge is -2.15. The minimum absolute atomic E-state index is 0.0539. The van der Waals surface area contributed by atoms with Crippen LogP contribution in [0.15, 0.2) is 72.8 Å². The van der Waals surface area contributed by atoms with Crippen LogP contribution in [0, 0.1) is 0 Å². The predicted molar refractivity (Wildman–Crippen MR) is 141 cm³/mol. The molecule has 3 rings (SSSR count). The van der Waals surface area contributed by atoms with Crippen molar-refractivity contribution in [3.05, 3.63) is 84.5 Å². The maximum absolute atomic E-state index is 13.8. The zero-order valence-corrected chi connectivity index (χ0v) is 21.3. The topological polar surface area (TPSA) is 93.4 Å². The number of nitrogens with zero attached hydrogens (tertiary/aromatic N) is 4. The van der Waals surface area contributed by atoms with Gasteiger partial charge in [0.1, 0.15) is 5.84 Å². The summed E-state index contributed by atoms with van der Waals surface area (Å²) in [7, 11) is 4.52. The average molecular weight is 513 g/mol. The van der Waals surface area contributed by atoms with E-state index < -0.39 is 11.2 Å². The Morgan fingerprint density at radius 3 is 2.56 bits per heavy atom. The number of ether oxygens (including phenoxy) is 1. The molecular weight excluding hydrogens is 485 g/mol. The molecule has 1 unspecified atom stereocenters. The van der Waals surface area contributed by atoms with Gasteiger partial charge in [-0.1, -0.05) is 46.2 Å². The van der Waals surface area contributed by atoms with Crippen molar-refractivity contribution >= 4 is 37.9 Å². The van der Waals surface area contributed by atoms with Gasteiger partial charge in [0, 0.05) is 19.4 Å². The fourth-order valence-electron chi connectivity index (χ4n) is 3.27. The van der Waals surface area contributed by atoms with Crippen LogP contribution < -0.4 is 15.4 Å². The Balaban J connectivity index is 1.65. The third-order valence-electron chi connectivity index (χ3n) is 4.99.